The molecule has 1 saturated heterocycles. The van der Waals surface area contributed by atoms with Crippen LogP contribution in [-0.4, -0.2) is 43.3 Å². The van der Waals surface area contributed by atoms with Gasteiger partial charge in [0.15, 0.2) is 5.43 Å². The van der Waals surface area contributed by atoms with Crippen molar-refractivity contribution in [3.8, 4) is 16.9 Å². The summed E-state index contributed by atoms with van der Waals surface area (Å²) >= 11 is 5.93. The third-order valence-corrected chi connectivity index (χ3v) is 5.32. The Morgan fingerprint density at radius 1 is 1.10 bits per heavy atom. The van der Waals surface area contributed by atoms with Gasteiger partial charge in [0.25, 0.3) is 0 Å². The maximum Gasteiger partial charge on any atom is 0.200 e. The van der Waals surface area contributed by atoms with Gasteiger partial charge in [-0.15, -0.1) is 0 Å². The first-order valence-corrected chi connectivity index (χ1v) is 10.2. The molecule has 1 fully saturated rings. The van der Waals surface area contributed by atoms with Crippen LogP contribution in [0.25, 0.3) is 22.1 Å². The molecule has 2 atom stereocenters. The van der Waals surface area contributed by atoms with E-state index in [0.717, 1.165) is 25.2 Å². The molecule has 4 rings (SSSR count). The number of hydrogen-bond acceptors (Lipinski definition) is 5. The molecule has 2 heterocycles. The first-order chi connectivity index (χ1) is 14.0. The van der Waals surface area contributed by atoms with E-state index in [-0.39, 0.29) is 17.6 Å². The van der Waals surface area contributed by atoms with Gasteiger partial charge in [-0.25, -0.2) is 0 Å². The second kappa shape index (κ2) is 8.57. The van der Waals surface area contributed by atoms with Crippen LogP contribution in [-0.2, 0) is 4.74 Å². The predicted octanol–water partition coefficient (Wildman–Crippen LogP) is 4.60. The highest BCUT2D eigenvalue weighted by atomic mass is 35.5. The molecule has 2 aromatic carbocycles. The quantitative estimate of drug-likeness (QED) is 0.611. The second-order valence-electron chi connectivity index (χ2n) is 7.51. The van der Waals surface area contributed by atoms with Crippen LogP contribution in [0.5, 0.6) is 5.75 Å². The Kier molecular flexibility index (Phi) is 5.90. The van der Waals surface area contributed by atoms with Crippen LogP contribution in [0.4, 0.5) is 0 Å². The lowest BCUT2D eigenvalue weighted by Crippen LogP contribution is -2.46. The number of ether oxygens (including phenoxy) is 2. The maximum absolute atomic E-state index is 12.9. The lowest BCUT2D eigenvalue weighted by atomic mass is 10.1. The van der Waals surface area contributed by atoms with Crippen LogP contribution < -0.4 is 10.2 Å². The average molecular weight is 414 g/mol. The minimum Gasteiger partial charge on any atom is -0.492 e. The molecule has 0 saturated carbocycles. The van der Waals surface area contributed by atoms with Crippen LogP contribution in [0.1, 0.15) is 13.8 Å². The number of fused-ring (bicyclic) bond motifs is 1. The molecule has 0 aliphatic carbocycles. The van der Waals surface area contributed by atoms with Crippen LogP contribution in [0.15, 0.2) is 57.9 Å². The van der Waals surface area contributed by atoms with E-state index in [1.807, 2.05) is 18.2 Å². The first kappa shape index (κ1) is 20.0. The van der Waals surface area contributed by atoms with Gasteiger partial charge in [-0.05, 0) is 43.7 Å². The van der Waals surface area contributed by atoms with Gasteiger partial charge in [0.2, 0.25) is 0 Å². The van der Waals surface area contributed by atoms with Gasteiger partial charge >= 0.3 is 0 Å². The predicted molar refractivity (Wildman–Crippen MR) is 115 cm³/mol. The van der Waals surface area contributed by atoms with Crippen molar-refractivity contribution in [1.82, 2.24) is 4.90 Å². The number of hydrogen-bond donors (Lipinski definition) is 0. The molecule has 1 aliphatic heterocycles. The Morgan fingerprint density at radius 2 is 1.83 bits per heavy atom. The van der Waals surface area contributed by atoms with Gasteiger partial charge in [0, 0.05) is 30.7 Å². The van der Waals surface area contributed by atoms with E-state index in [1.165, 1.54) is 6.26 Å². The summed E-state index contributed by atoms with van der Waals surface area (Å²) in [7, 11) is 0. The summed E-state index contributed by atoms with van der Waals surface area (Å²) in [5.41, 5.74) is 1.73. The summed E-state index contributed by atoms with van der Waals surface area (Å²) in [5.74, 6) is 0.689. The fraction of sp³-hybridized carbons (Fsp3) is 0.348. The summed E-state index contributed by atoms with van der Waals surface area (Å²) in [6.07, 6.45) is 1.97. The van der Waals surface area contributed by atoms with E-state index >= 15 is 0 Å². The monoisotopic (exact) mass is 413 g/mol. The third kappa shape index (κ3) is 4.64. The lowest BCUT2D eigenvalue weighted by Gasteiger charge is -2.35. The first-order valence-electron chi connectivity index (χ1n) is 9.82. The van der Waals surface area contributed by atoms with Gasteiger partial charge in [-0.1, -0.05) is 23.7 Å². The molecule has 6 heteroatoms. The van der Waals surface area contributed by atoms with E-state index in [2.05, 4.69) is 18.7 Å². The normalized spacial score (nSPS) is 20.1. The Labute approximate surface area is 174 Å². The van der Waals surface area contributed by atoms with Crippen molar-refractivity contribution in [2.24, 2.45) is 0 Å². The molecule has 1 aromatic heterocycles. The highest BCUT2D eigenvalue weighted by Gasteiger charge is 2.21. The Morgan fingerprint density at radius 3 is 2.55 bits per heavy atom. The molecule has 29 heavy (non-hydrogen) atoms. The van der Waals surface area contributed by atoms with Crippen molar-refractivity contribution in [1.29, 1.82) is 0 Å². The molecule has 0 unspecified atom stereocenters. The van der Waals surface area contributed by atoms with E-state index in [0.29, 0.717) is 33.9 Å². The minimum absolute atomic E-state index is 0.0728. The number of nitrogens with zero attached hydrogens (tertiary/aromatic N) is 1. The molecule has 1 aliphatic rings. The largest absolute Gasteiger partial charge is 0.492 e. The van der Waals surface area contributed by atoms with E-state index < -0.39 is 0 Å². The van der Waals surface area contributed by atoms with Crippen LogP contribution in [0.3, 0.4) is 0 Å². The number of benzene rings is 2. The molecule has 3 aromatic rings. The van der Waals surface area contributed by atoms with Gasteiger partial charge < -0.3 is 13.9 Å². The Hall–Kier alpha value is -2.34. The molecule has 0 bridgehead atoms. The topological polar surface area (TPSA) is 51.9 Å². The zero-order valence-corrected chi connectivity index (χ0v) is 17.3. The standard InChI is InChI=1S/C23H24ClNO4/c1-15-12-25(13-16(2)29-15)9-10-27-19-7-8-20-22(11-19)28-14-21(23(20)26)17-3-5-18(24)6-4-17/h3-8,11,14-16H,9-10,12-13H2,1-2H3/t15-,16+. The fourth-order valence-corrected chi connectivity index (χ4v) is 3.91. The third-order valence-electron chi connectivity index (χ3n) is 5.07. The number of halogens is 1. The highest BCUT2D eigenvalue weighted by molar-refractivity contribution is 6.30. The lowest BCUT2D eigenvalue weighted by molar-refractivity contribution is -0.0699. The van der Waals surface area contributed by atoms with Crippen molar-refractivity contribution in [3.05, 3.63) is 64.0 Å². The molecule has 152 valence electrons. The minimum atomic E-state index is -0.0728. The summed E-state index contributed by atoms with van der Waals surface area (Å²) in [6, 6.07) is 12.5. The summed E-state index contributed by atoms with van der Waals surface area (Å²) < 4.78 is 17.4. The molecular weight excluding hydrogens is 390 g/mol. The molecule has 0 N–H and O–H groups in total. The summed E-state index contributed by atoms with van der Waals surface area (Å²) in [5, 5.41) is 1.15. The van der Waals surface area contributed by atoms with Crippen LogP contribution in [0, 0.1) is 0 Å². The van der Waals surface area contributed by atoms with Gasteiger partial charge in [-0.3, -0.25) is 9.69 Å². The average Bonchev–Trinajstić information content (AvgIpc) is 2.68. The zero-order valence-electron chi connectivity index (χ0n) is 16.6. The second-order valence-corrected chi connectivity index (χ2v) is 7.95. The molecule has 5 nitrogen and oxygen atoms in total. The maximum atomic E-state index is 12.9. The molecule has 0 amide bonds. The highest BCUT2D eigenvalue weighted by Crippen LogP contribution is 2.24. The van der Waals surface area contributed by atoms with Gasteiger partial charge in [-0.2, -0.15) is 0 Å². The fourth-order valence-electron chi connectivity index (χ4n) is 3.79. The Balaban J connectivity index is 1.46. The van der Waals surface area contributed by atoms with Crippen molar-refractivity contribution in [3.63, 3.8) is 0 Å². The van der Waals surface area contributed by atoms with Crippen molar-refractivity contribution < 1.29 is 13.9 Å². The van der Waals surface area contributed by atoms with Crippen molar-refractivity contribution in [2.45, 2.75) is 26.1 Å². The van der Waals surface area contributed by atoms with Crippen LogP contribution in [0.2, 0.25) is 5.02 Å². The van der Waals surface area contributed by atoms with Gasteiger partial charge in [0.05, 0.1) is 23.2 Å². The van der Waals surface area contributed by atoms with E-state index in [1.54, 1.807) is 24.3 Å². The van der Waals surface area contributed by atoms with Crippen LogP contribution >= 0.6 is 11.6 Å². The SMILES string of the molecule is C[C@@H]1CN(CCOc2ccc3c(=O)c(-c4ccc(Cl)cc4)coc3c2)C[C@H](C)O1. The Bertz CT molecular complexity index is 1040. The molecule has 0 spiro atoms. The van der Waals surface area contributed by atoms with Crippen molar-refractivity contribution in [2.75, 3.05) is 26.2 Å². The number of morpholine rings is 1. The van der Waals surface area contributed by atoms with Gasteiger partial charge in [0.1, 0.15) is 24.2 Å². The van der Waals surface area contributed by atoms with E-state index in [9.17, 15) is 4.79 Å². The zero-order chi connectivity index (χ0) is 20.4. The molecular formula is C23H24ClNO4. The smallest absolute Gasteiger partial charge is 0.200 e. The molecule has 0 radical (unpaired) electrons. The summed E-state index contributed by atoms with van der Waals surface area (Å²) in [4.78, 5) is 15.2. The number of rotatable bonds is 5. The summed E-state index contributed by atoms with van der Waals surface area (Å²) in [6.45, 7) is 7.40. The van der Waals surface area contributed by atoms with Crippen molar-refractivity contribution >= 4 is 22.6 Å². The van der Waals surface area contributed by atoms with E-state index in [4.69, 9.17) is 25.5 Å².